The van der Waals surface area contributed by atoms with E-state index in [4.69, 9.17) is 11.0 Å². The Hall–Kier alpha value is -1.71. The van der Waals surface area contributed by atoms with Gasteiger partial charge < -0.3 is 16.0 Å². The molecule has 1 saturated carbocycles. The van der Waals surface area contributed by atoms with Crippen LogP contribution in [0.1, 0.15) is 44.2 Å². The average molecular weight is 300 g/mol. The third-order valence-electron chi connectivity index (χ3n) is 4.78. The summed E-state index contributed by atoms with van der Waals surface area (Å²) in [7, 11) is 0. The maximum absolute atomic E-state index is 8.80. The summed E-state index contributed by atoms with van der Waals surface area (Å²) in [6.07, 6.45) is 7.19. The Morgan fingerprint density at radius 1 is 1.18 bits per heavy atom. The van der Waals surface area contributed by atoms with E-state index in [0.717, 1.165) is 31.7 Å². The zero-order valence-electron chi connectivity index (χ0n) is 12.9. The van der Waals surface area contributed by atoms with Crippen molar-refractivity contribution in [3.05, 3.63) is 17.8 Å². The monoisotopic (exact) mass is 300 g/mol. The molecule has 2 aliphatic rings. The fourth-order valence-corrected chi connectivity index (χ4v) is 3.54. The van der Waals surface area contributed by atoms with Crippen LogP contribution in [-0.4, -0.2) is 41.4 Å². The Kier molecular flexibility index (Phi) is 4.86. The molecular formula is C16H24N6. The number of hydrogen-bond donors (Lipinski definition) is 2. The first-order valence-electron chi connectivity index (χ1n) is 8.26. The van der Waals surface area contributed by atoms with Gasteiger partial charge in [0.1, 0.15) is 6.07 Å². The zero-order chi connectivity index (χ0) is 15.4. The lowest BCUT2D eigenvalue weighted by atomic mass is 9.90. The largest absolute Gasteiger partial charge is 0.354 e. The topological polar surface area (TPSA) is 90.9 Å². The number of rotatable bonds is 3. The number of nitrogens with two attached hydrogens (primary N) is 1. The maximum atomic E-state index is 8.80. The molecule has 2 heterocycles. The van der Waals surface area contributed by atoms with Gasteiger partial charge >= 0.3 is 0 Å². The van der Waals surface area contributed by atoms with Gasteiger partial charge in [0.25, 0.3) is 0 Å². The van der Waals surface area contributed by atoms with Crippen LogP contribution in [0.3, 0.4) is 0 Å². The molecule has 6 heteroatoms. The van der Waals surface area contributed by atoms with Crippen LogP contribution in [0, 0.1) is 11.3 Å². The van der Waals surface area contributed by atoms with Crippen molar-refractivity contribution in [2.75, 3.05) is 18.0 Å². The number of hydrogen-bond acceptors (Lipinski definition) is 6. The molecule has 2 unspecified atom stereocenters. The van der Waals surface area contributed by atoms with E-state index in [1.165, 1.54) is 25.7 Å². The molecule has 0 spiro atoms. The number of nitrogens with one attached hydrogen (secondary N) is 1. The first-order chi connectivity index (χ1) is 10.8. The first-order valence-corrected chi connectivity index (χ1v) is 8.26. The molecule has 1 aliphatic heterocycles. The Morgan fingerprint density at radius 3 is 2.77 bits per heavy atom. The van der Waals surface area contributed by atoms with E-state index in [2.05, 4.69) is 20.4 Å². The van der Waals surface area contributed by atoms with Gasteiger partial charge in [0.15, 0.2) is 11.5 Å². The lowest BCUT2D eigenvalue weighted by Gasteiger charge is -2.38. The van der Waals surface area contributed by atoms with Crippen molar-refractivity contribution in [2.45, 2.75) is 56.7 Å². The van der Waals surface area contributed by atoms with Gasteiger partial charge in [-0.3, -0.25) is 0 Å². The van der Waals surface area contributed by atoms with Gasteiger partial charge in [0.05, 0.1) is 0 Å². The van der Waals surface area contributed by atoms with E-state index < -0.39 is 0 Å². The Morgan fingerprint density at radius 2 is 2.05 bits per heavy atom. The second-order valence-electron chi connectivity index (χ2n) is 6.40. The summed E-state index contributed by atoms with van der Waals surface area (Å²) >= 11 is 0. The van der Waals surface area contributed by atoms with E-state index >= 15 is 0 Å². The molecule has 3 N–H and O–H groups in total. The molecule has 0 amide bonds. The SMILES string of the molecule is N#Cc1ccc(N2CCCC(NC3CCCC[C@H]3N)C2)nn1. The lowest BCUT2D eigenvalue weighted by Crippen LogP contribution is -2.55. The summed E-state index contributed by atoms with van der Waals surface area (Å²) in [6, 6.07) is 6.83. The van der Waals surface area contributed by atoms with Gasteiger partial charge in [-0.25, -0.2) is 0 Å². The Bertz CT molecular complexity index is 522. The van der Waals surface area contributed by atoms with Crippen LogP contribution in [0.5, 0.6) is 0 Å². The fraction of sp³-hybridized carbons (Fsp3) is 0.688. The molecule has 1 saturated heterocycles. The number of nitriles is 1. The molecule has 0 radical (unpaired) electrons. The number of piperidine rings is 1. The Labute approximate surface area is 131 Å². The van der Waals surface area contributed by atoms with E-state index in [0.29, 0.717) is 23.8 Å². The van der Waals surface area contributed by atoms with Gasteiger partial charge in [0.2, 0.25) is 0 Å². The van der Waals surface area contributed by atoms with E-state index in [1.54, 1.807) is 6.07 Å². The van der Waals surface area contributed by atoms with E-state index in [-0.39, 0.29) is 0 Å². The van der Waals surface area contributed by atoms with Crippen LogP contribution in [-0.2, 0) is 0 Å². The number of anilines is 1. The average Bonchev–Trinajstić information content (AvgIpc) is 2.57. The highest BCUT2D eigenvalue weighted by Gasteiger charge is 2.27. The minimum Gasteiger partial charge on any atom is -0.354 e. The van der Waals surface area contributed by atoms with Crippen molar-refractivity contribution < 1.29 is 0 Å². The zero-order valence-corrected chi connectivity index (χ0v) is 12.9. The van der Waals surface area contributed by atoms with Gasteiger partial charge in [-0.1, -0.05) is 12.8 Å². The van der Waals surface area contributed by atoms with Crippen LogP contribution < -0.4 is 16.0 Å². The van der Waals surface area contributed by atoms with Crippen LogP contribution in [0.25, 0.3) is 0 Å². The lowest BCUT2D eigenvalue weighted by molar-refractivity contribution is 0.282. The van der Waals surface area contributed by atoms with Gasteiger partial charge in [-0.05, 0) is 37.8 Å². The molecular weight excluding hydrogens is 276 g/mol. The van der Waals surface area contributed by atoms with Crippen LogP contribution in [0.2, 0.25) is 0 Å². The summed E-state index contributed by atoms with van der Waals surface area (Å²) in [6.45, 7) is 1.93. The highest BCUT2D eigenvalue weighted by Crippen LogP contribution is 2.21. The first kappa shape index (κ1) is 15.2. The van der Waals surface area contributed by atoms with Crippen LogP contribution in [0.15, 0.2) is 12.1 Å². The molecule has 1 aromatic rings. The molecule has 118 valence electrons. The predicted molar refractivity (Wildman–Crippen MR) is 85.3 cm³/mol. The standard InChI is InChI=1S/C16H24N6/c17-10-12-7-8-16(21-20-12)22-9-3-4-13(11-22)19-15-6-2-1-5-14(15)18/h7-8,13-15,19H,1-6,9,11,18H2/t13?,14-,15?/m1/s1. The van der Waals surface area contributed by atoms with Gasteiger partial charge in [0, 0.05) is 31.2 Å². The minimum atomic E-state index is 0.291. The summed E-state index contributed by atoms with van der Waals surface area (Å²) in [5, 5.41) is 20.7. The fourth-order valence-electron chi connectivity index (χ4n) is 3.54. The van der Waals surface area contributed by atoms with Crippen molar-refractivity contribution in [1.82, 2.24) is 15.5 Å². The molecule has 6 nitrogen and oxygen atoms in total. The number of nitrogens with zero attached hydrogens (tertiary/aromatic N) is 4. The smallest absolute Gasteiger partial charge is 0.163 e. The van der Waals surface area contributed by atoms with E-state index in [9.17, 15) is 0 Å². The molecule has 0 aromatic carbocycles. The molecule has 0 bridgehead atoms. The molecule has 1 aromatic heterocycles. The summed E-state index contributed by atoms with van der Waals surface area (Å²) in [5.74, 6) is 0.860. The summed E-state index contributed by atoms with van der Waals surface area (Å²) in [5.41, 5.74) is 6.61. The van der Waals surface area contributed by atoms with Gasteiger partial charge in [-0.2, -0.15) is 5.26 Å². The summed E-state index contributed by atoms with van der Waals surface area (Å²) < 4.78 is 0. The molecule has 2 fully saturated rings. The van der Waals surface area contributed by atoms with Crippen LogP contribution >= 0.6 is 0 Å². The van der Waals surface area contributed by atoms with Crippen molar-refractivity contribution in [3.8, 4) is 6.07 Å². The van der Waals surface area contributed by atoms with Crippen LogP contribution in [0.4, 0.5) is 5.82 Å². The molecule has 1 aliphatic carbocycles. The Balaban J connectivity index is 1.60. The van der Waals surface area contributed by atoms with Crippen molar-refractivity contribution in [1.29, 1.82) is 5.26 Å². The van der Waals surface area contributed by atoms with Crippen molar-refractivity contribution in [2.24, 2.45) is 5.73 Å². The second-order valence-corrected chi connectivity index (χ2v) is 6.40. The van der Waals surface area contributed by atoms with Crippen molar-refractivity contribution in [3.63, 3.8) is 0 Å². The number of aromatic nitrogens is 2. The van der Waals surface area contributed by atoms with E-state index in [1.807, 2.05) is 12.1 Å². The minimum absolute atomic E-state index is 0.291. The second kappa shape index (κ2) is 7.03. The van der Waals surface area contributed by atoms with Crippen molar-refractivity contribution >= 4 is 5.82 Å². The molecule has 3 rings (SSSR count). The highest BCUT2D eigenvalue weighted by atomic mass is 15.3. The predicted octanol–water partition coefficient (Wildman–Crippen LogP) is 1.18. The molecule has 3 atom stereocenters. The third kappa shape index (κ3) is 3.54. The quantitative estimate of drug-likeness (QED) is 0.871. The normalized spacial score (nSPS) is 29.1. The summed E-state index contributed by atoms with van der Waals surface area (Å²) in [4.78, 5) is 2.25. The maximum Gasteiger partial charge on any atom is 0.163 e. The third-order valence-corrected chi connectivity index (χ3v) is 4.78. The molecule has 22 heavy (non-hydrogen) atoms. The van der Waals surface area contributed by atoms with Gasteiger partial charge in [-0.15, -0.1) is 10.2 Å². The highest BCUT2D eigenvalue weighted by molar-refractivity contribution is 5.39.